The molecule has 18 heavy (non-hydrogen) atoms. The van der Waals surface area contributed by atoms with Gasteiger partial charge >= 0.3 is 0 Å². The molecular weight excluding hydrogens is 316 g/mol. The van der Waals surface area contributed by atoms with Crippen LogP contribution >= 0.6 is 15.9 Å². The molecule has 4 nitrogen and oxygen atoms in total. The van der Waals surface area contributed by atoms with E-state index in [1.165, 1.54) is 0 Å². The molecule has 2 rings (SSSR count). The Balaban J connectivity index is 2.20. The summed E-state index contributed by atoms with van der Waals surface area (Å²) >= 11 is 3.31. The first-order chi connectivity index (χ1) is 8.41. The summed E-state index contributed by atoms with van der Waals surface area (Å²) in [7, 11) is 0.637. The lowest BCUT2D eigenvalue weighted by Crippen LogP contribution is -2.34. The van der Waals surface area contributed by atoms with Crippen molar-refractivity contribution in [1.29, 1.82) is 0 Å². The first-order valence-corrected chi connectivity index (χ1v) is 8.07. The standard InChI is InChI=1S/C12H17BrN2O2S/c1-14(2)11-7-8-15(9-11)18(16,17)12-5-3-10(13)4-6-12/h3-6,11H,7-9H2,1-2H3. The van der Waals surface area contributed by atoms with E-state index in [4.69, 9.17) is 0 Å². The Labute approximate surface area is 117 Å². The molecule has 0 spiro atoms. The highest BCUT2D eigenvalue weighted by Gasteiger charge is 2.33. The minimum absolute atomic E-state index is 0.315. The average Bonchev–Trinajstić information content (AvgIpc) is 2.79. The molecule has 1 aliphatic rings. The summed E-state index contributed by atoms with van der Waals surface area (Å²) in [6.07, 6.45) is 0.892. The normalized spacial score (nSPS) is 21.7. The Morgan fingerprint density at radius 2 is 1.89 bits per heavy atom. The van der Waals surface area contributed by atoms with Crippen molar-refractivity contribution in [1.82, 2.24) is 9.21 Å². The van der Waals surface area contributed by atoms with Gasteiger partial charge in [-0.05, 0) is 44.8 Å². The molecule has 0 saturated carbocycles. The van der Waals surface area contributed by atoms with Crippen LogP contribution in [-0.2, 0) is 10.0 Å². The van der Waals surface area contributed by atoms with E-state index < -0.39 is 10.0 Å². The zero-order valence-corrected chi connectivity index (χ0v) is 12.9. The number of hydrogen-bond acceptors (Lipinski definition) is 3. The fourth-order valence-corrected chi connectivity index (χ4v) is 3.86. The highest BCUT2D eigenvalue weighted by Crippen LogP contribution is 2.23. The Kier molecular flexibility index (Phi) is 4.11. The molecule has 1 fully saturated rings. The maximum Gasteiger partial charge on any atom is 0.243 e. The van der Waals surface area contributed by atoms with Gasteiger partial charge in [0.15, 0.2) is 0 Å². The van der Waals surface area contributed by atoms with E-state index in [-0.39, 0.29) is 0 Å². The molecule has 100 valence electrons. The number of sulfonamides is 1. The summed E-state index contributed by atoms with van der Waals surface area (Å²) in [6, 6.07) is 7.11. The topological polar surface area (TPSA) is 40.6 Å². The molecule has 6 heteroatoms. The van der Waals surface area contributed by atoms with Crippen molar-refractivity contribution in [2.45, 2.75) is 17.4 Å². The van der Waals surface area contributed by atoms with Crippen molar-refractivity contribution in [3.63, 3.8) is 0 Å². The van der Waals surface area contributed by atoms with Crippen molar-refractivity contribution in [3.05, 3.63) is 28.7 Å². The van der Waals surface area contributed by atoms with Gasteiger partial charge in [0.1, 0.15) is 0 Å². The van der Waals surface area contributed by atoms with Crippen LogP contribution in [-0.4, -0.2) is 50.8 Å². The average molecular weight is 333 g/mol. The predicted octanol–water partition coefficient (Wildman–Crippen LogP) is 1.77. The van der Waals surface area contributed by atoms with Gasteiger partial charge in [-0.25, -0.2) is 8.42 Å². The second kappa shape index (κ2) is 5.28. The quantitative estimate of drug-likeness (QED) is 0.847. The molecule has 0 aliphatic carbocycles. The lowest BCUT2D eigenvalue weighted by atomic mass is 10.2. The third-order valence-electron chi connectivity index (χ3n) is 3.31. The van der Waals surface area contributed by atoms with Crippen LogP contribution in [0.5, 0.6) is 0 Å². The lowest BCUT2D eigenvalue weighted by molar-refractivity contribution is 0.302. The molecule has 1 unspecified atom stereocenters. The zero-order chi connectivity index (χ0) is 13.3. The van der Waals surface area contributed by atoms with E-state index in [2.05, 4.69) is 20.8 Å². The van der Waals surface area contributed by atoms with Crippen LogP contribution < -0.4 is 0 Å². The van der Waals surface area contributed by atoms with Gasteiger partial charge in [-0.3, -0.25) is 0 Å². The van der Waals surface area contributed by atoms with Crippen LogP contribution in [0.25, 0.3) is 0 Å². The van der Waals surface area contributed by atoms with E-state index in [0.29, 0.717) is 24.0 Å². The number of nitrogens with zero attached hydrogens (tertiary/aromatic N) is 2. The molecule has 1 saturated heterocycles. The zero-order valence-electron chi connectivity index (χ0n) is 10.5. The molecule has 0 bridgehead atoms. The Morgan fingerprint density at radius 1 is 1.28 bits per heavy atom. The monoisotopic (exact) mass is 332 g/mol. The van der Waals surface area contributed by atoms with Crippen molar-refractivity contribution in [2.75, 3.05) is 27.2 Å². The Bertz CT molecular complexity index is 513. The van der Waals surface area contributed by atoms with Crippen molar-refractivity contribution in [2.24, 2.45) is 0 Å². The molecular formula is C12H17BrN2O2S. The smallest absolute Gasteiger partial charge is 0.243 e. The molecule has 0 amide bonds. The molecule has 0 N–H and O–H groups in total. The van der Waals surface area contributed by atoms with Crippen LogP contribution in [0.15, 0.2) is 33.6 Å². The van der Waals surface area contributed by atoms with Crippen LogP contribution in [0.2, 0.25) is 0 Å². The van der Waals surface area contributed by atoms with Gasteiger partial charge in [-0.2, -0.15) is 4.31 Å². The summed E-state index contributed by atoms with van der Waals surface area (Å²) in [5.74, 6) is 0. The molecule has 1 aromatic rings. The first-order valence-electron chi connectivity index (χ1n) is 5.83. The van der Waals surface area contributed by atoms with Gasteiger partial charge in [-0.15, -0.1) is 0 Å². The summed E-state index contributed by atoms with van der Waals surface area (Å²) < 4.78 is 27.3. The third-order valence-corrected chi connectivity index (χ3v) is 5.72. The van der Waals surface area contributed by atoms with Gasteiger partial charge in [-0.1, -0.05) is 15.9 Å². The van der Waals surface area contributed by atoms with E-state index in [1.54, 1.807) is 28.6 Å². The molecule has 0 aromatic heterocycles. The van der Waals surface area contributed by atoms with E-state index in [1.807, 2.05) is 14.1 Å². The lowest BCUT2D eigenvalue weighted by Gasteiger charge is -2.20. The minimum atomic E-state index is -3.34. The van der Waals surface area contributed by atoms with Crippen LogP contribution in [0.4, 0.5) is 0 Å². The van der Waals surface area contributed by atoms with Gasteiger partial charge in [0.05, 0.1) is 4.90 Å². The van der Waals surface area contributed by atoms with E-state index >= 15 is 0 Å². The van der Waals surface area contributed by atoms with Crippen molar-refractivity contribution in [3.8, 4) is 0 Å². The second-order valence-electron chi connectivity index (χ2n) is 4.72. The minimum Gasteiger partial charge on any atom is -0.305 e. The van der Waals surface area contributed by atoms with Gasteiger partial charge in [0.2, 0.25) is 10.0 Å². The maximum atomic E-state index is 12.4. The predicted molar refractivity (Wildman–Crippen MR) is 75.0 cm³/mol. The SMILES string of the molecule is CN(C)C1CCN(S(=O)(=O)c2ccc(Br)cc2)C1. The fraction of sp³-hybridized carbons (Fsp3) is 0.500. The first kappa shape index (κ1) is 14.0. The summed E-state index contributed by atoms with van der Waals surface area (Å²) in [5.41, 5.74) is 0. The molecule has 1 aromatic carbocycles. The number of hydrogen-bond donors (Lipinski definition) is 0. The molecule has 0 radical (unpaired) electrons. The highest BCUT2D eigenvalue weighted by molar-refractivity contribution is 9.10. The van der Waals surface area contributed by atoms with Crippen LogP contribution in [0.3, 0.4) is 0 Å². The van der Waals surface area contributed by atoms with Crippen LogP contribution in [0.1, 0.15) is 6.42 Å². The number of benzene rings is 1. The molecule has 1 aliphatic heterocycles. The number of rotatable bonds is 3. The van der Waals surface area contributed by atoms with Crippen molar-refractivity contribution < 1.29 is 8.42 Å². The number of halogens is 1. The van der Waals surface area contributed by atoms with Gasteiger partial charge in [0, 0.05) is 23.6 Å². The van der Waals surface area contributed by atoms with Crippen molar-refractivity contribution >= 4 is 26.0 Å². The summed E-state index contributed by atoms with van der Waals surface area (Å²) in [4.78, 5) is 2.45. The van der Waals surface area contributed by atoms with E-state index in [0.717, 1.165) is 10.9 Å². The van der Waals surface area contributed by atoms with E-state index in [9.17, 15) is 8.42 Å². The summed E-state index contributed by atoms with van der Waals surface area (Å²) in [5, 5.41) is 0. The van der Waals surface area contributed by atoms with Gasteiger partial charge in [0.25, 0.3) is 0 Å². The summed E-state index contributed by atoms with van der Waals surface area (Å²) in [6.45, 7) is 1.17. The van der Waals surface area contributed by atoms with Crippen LogP contribution in [0, 0.1) is 0 Å². The fourth-order valence-electron chi connectivity index (χ4n) is 2.11. The number of likely N-dealkylation sites (N-methyl/N-ethyl adjacent to an activating group) is 1. The molecule has 1 heterocycles. The Hall–Kier alpha value is -0.430. The largest absolute Gasteiger partial charge is 0.305 e. The highest BCUT2D eigenvalue weighted by atomic mass is 79.9. The van der Waals surface area contributed by atoms with Gasteiger partial charge < -0.3 is 4.90 Å². The maximum absolute atomic E-state index is 12.4. The third kappa shape index (κ3) is 2.77. The molecule has 1 atom stereocenters. The Morgan fingerprint density at radius 3 is 2.39 bits per heavy atom. The second-order valence-corrected chi connectivity index (χ2v) is 7.58.